The molecule has 130 valence electrons. The van der Waals surface area contributed by atoms with Gasteiger partial charge in [-0.2, -0.15) is 0 Å². The molecule has 0 radical (unpaired) electrons. The van der Waals surface area contributed by atoms with E-state index in [0.29, 0.717) is 11.7 Å². The minimum absolute atomic E-state index is 0.0526. The molecule has 6 heteroatoms. The summed E-state index contributed by atoms with van der Waals surface area (Å²) in [5.41, 5.74) is 3.86. The molecule has 0 bridgehead atoms. The number of H-pyrrole nitrogens is 1. The average molecular weight is 347 g/mol. The van der Waals surface area contributed by atoms with E-state index in [-0.39, 0.29) is 5.56 Å². The lowest BCUT2D eigenvalue weighted by molar-refractivity contribution is 0.323. The lowest BCUT2D eigenvalue weighted by Crippen LogP contribution is -2.42. The number of nitrogens with zero attached hydrogens (tertiary/aromatic N) is 2. The second kappa shape index (κ2) is 7.77. The number of aromatic nitrogens is 1. The van der Waals surface area contributed by atoms with E-state index in [0.717, 1.165) is 35.1 Å². The smallest absolute Gasteiger partial charge is 0.253 e. The van der Waals surface area contributed by atoms with Crippen LogP contribution >= 0.6 is 12.2 Å². The maximum Gasteiger partial charge on any atom is 0.253 e. The van der Waals surface area contributed by atoms with E-state index in [1.54, 1.807) is 0 Å². The Hall–Kier alpha value is -1.92. The fraction of sp³-hybridized carbons (Fsp3) is 0.444. The van der Waals surface area contributed by atoms with Crippen LogP contribution in [0.4, 0.5) is 0 Å². The number of hydrogen-bond acceptors (Lipinski definition) is 3. The third-order valence-corrected chi connectivity index (χ3v) is 4.51. The molecule has 1 aromatic carbocycles. The van der Waals surface area contributed by atoms with Crippen LogP contribution in [0.1, 0.15) is 16.7 Å². The van der Waals surface area contributed by atoms with Crippen molar-refractivity contribution < 1.29 is 0 Å². The lowest BCUT2D eigenvalue weighted by atomic mass is 10.1. The third-order valence-electron chi connectivity index (χ3n) is 4.05. The topological polar surface area (TPSA) is 51.4 Å². The maximum atomic E-state index is 12.5. The van der Waals surface area contributed by atoms with Crippen LogP contribution in [-0.2, 0) is 6.54 Å². The summed E-state index contributed by atoms with van der Waals surface area (Å²) in [6, 6.07) is 6.16. The fourth-order valence-corrected chi connectivity index (χ4v) is 2.94. The maximum absolute atomic E-state index is 12.5. The van der Waals surface area contributed by atoms with Crippen molar-refractivity contribution in [1.82, 2.24) is 20.1 Å². The van der Waals surface area contributed by atoms with Gasteiger partial charge in [-0.05, 0) is 63.2 Å². The quantitative estimate of drug-likeness (QED) is 0.811. The molecule has 0 amide bonds. The van der Waals surface area contributed by atoms with E-state index in [4.69, 9.17) is 12.2 Å². The highest BCUT2D eigenvalue weighted by molar-refractivity contribution is 7.80. The molecule has 0 saturated carbocycles. The van der Waals surface area contributed by atoms with Gasteiger partial charge in [-0.3, -0.25) is 4.79 Å². The van der Waals surface area contributed by atoms with E-state index >= 15 is 0 Å². The molecule has 24 heavy (non-hydrogen) atoms. The number of likely N-dealkylation sites (N-methyl/N-ethyl adjacent to an activating group) is 1. The molecule has 0 unspecified atom stereocenters. The van der Waals surface area contributed by atoms with Crippen LogP contribution in [0.2, 0.25) is 0 Å². The Kier molecular flexibility index (Phi) is 5.96. The minimum atomic E-state index is -0.0526. The highest BCUT2D eigenvalue weighted by Gasteiger charge is 2.13. The van der Waals surface area contributed by atoms with Gasteiger partial charge in [0, 0.05) is 25.7 Å². The van der Waals surface area contributed by atoms with Crippen LogP contribution in [0.5, 0.6) is 0 Å². The zero-order valence-electron chi connectivity index (χ0n) is 15.1. The highest BCUT2D eigenvalue weighted by Crippen LogP contribution is 2.18. The van der Waals surface area contributed by atoms with Crippen molar-refractivity contribution in [3.8, 4) is 0 Å². The van der Waals surface area contributed by atoms with E-state index < -0.39 is 0 Å². The van der Waals surface area contributed by atoms with Gasteiger partial charge in [-0.1, -0.05) is 11.6 Å². The number of rotatable bonds is 5. The van der Waals surface area contributed by atoms with Crippen molar-refractivity contribution in [3.05, 3.63) is 45.2 Å². The molecule has 0 aliphatic rings. The normalized spacial score (nSPS) is 11.1. The monoisotopic (exact) mass is 346 g/mol. The Morgan fingerprint density at radius 1 is 1.21 bits per heavy atom. The number of pyridine rings is 1. The van der Waals surface area contributed by atoms with Crippen molar-refractivity contribution in [2.24, 2.45) is 0 Å². The number of nitrogens with one attached hydrogen (secondary N) is 2. The van der Waals surface area contributed by atoms with E-state index in [1.165, 1.54) is 5.56 Å². The highest BCUT2D eigenvalue weighted by atomic mass is 32.1. The summed E-state index contributed by atoms with van der Waals surface area (Å²) in [5, 5.41) is 4.72. The predicted molar refractivity (Wildman–Crippen MR) is 105 cm³/mol. The number of fused-ring (bicyclic) bond motifs is 1. The summed E-state index contributed by atoms with van der Waals surface area (Å²) < 4.78 is 0. The van der Waals surface area contributed by atoms with Crippen molar-refractivity contribution in [2.75, 3.05) is 34.2 Å². The molecular formula is C18H26N4OS. The zero-order valence-corrected chi connectivity index (χ0v) is 15.9. The van der Waals surface area contributed by atoms with E-state index in [1.807, 2.05) is 39.0 Å². The summed E-state index contributed by atoms with van der Waals surface area (Å²) >= 11 is 5.39. The largest absolute Gasteiger partial charge is 0.366 e. The van der Waals surface area contributed by atoms with Gasteiger partial charge in [-0.25, -0.2) is 0 Å². The van der Waals surface area contributed by atoms with Crippen molar-refractivity contribution in [2.45, 2.75) is 20.4 Å². The lowest BCUT2D eigenvalue weighted by Gasteiger charge is -2.26. The van der Waals surface area contributed by atoms with Gasteiger partial charge in [0.25, 0.3) is 5.56 Å². The first-order valence-corrected chi connectivity index (χ1v) is 8.47. The zero-order chi connectivity index (χ0) is 17.9. The summed E-state index contributed by atoms with van der Waals surface area (Å²) in [5.74, 6) is 0. The van der Waals surface area contributed by atoms with Gasteiger partial charge >= 0.3 is 0 Å². The molecule has 0 aliphatic heterocycles. The van der Waals surface area contributed by atoms with Crippen LogP contribution in [0.15, 0.2) is 23.0 Å². The molecule has 5 nitrogen and oxygen atoms in total. The van der Waals surface area contributed by atoms with Gasteiger partial charge in [0.15, 0.2) is 5.11 Å². The summed E-state index contributed by atoms with van der Waals surface area (Å²) in [6.45, 7) is 6.20. The molecule has 2 aromatic rings. The SMILES string of the molecule is CNC(=S)N(CCN(C)C)Cc1cc2cc(C)cc(C)c2[nH]c1=O. The fourth-order valence-electron chi connectivity index (χ4n) is 2.79. The second-order valence-corrected chi connectivity index (χ2v) is 6.84. The van der Waals surface area contributed by atoms with Gasteiger partial charge in [0.1, 0.15) is 0 Å². The standard InChI is InChI=1S/C18H26N4OS/c1-12-8-13(2)16-14(9-12)10-15(17(23)20-16)11-22(18(24)19-3)7-6-21(4)5/h8-10H,6-7,11H2,1-5H3,(H,19,24)(H,20,23). The van der Waals surface area contributed by atoms with Crippen LogP contribution < -0.4 is 10.9 Å². The van der Waals surface area contributed by atoms with Crippen LogP contribution in [0.3, 0.4) is 0 Å². The van der Waals surface area contributed by atoms with E-state index in [9.17, 15) is 4.79 Å². The van der Waals surface area contributed by atoms with Gasteiger partial charge in [0.2, 0.25) is 0 Å². The summed E-state index contributed by atoms with van der Waals surface area (Å²) in [7, 11) is 5.85. The number of aromatic amines is 1. The molecule has 0 atom stereocenters. The number of thiocarbonyl (C=S) groups is 1. The Labute approximate surface area is 148 Å². The third kappa shape index (κ3) is 4.33. The molecule has 1 aromatic heterocycles. The van der Waals surface area contributed by atoms with Crippen molar-refractivity contribution in [1.29, 1.82) is 0 Å². The molecule has 2 rings (SSSR count). The first-order chi connectivity index (χ1) is 11.3. The predicted octanol–water partition coefficient (Wildman–Crippen LogP) is 2.01. The first kappa shape index (κ1) is 18.4. The van der Waals surface area contributed by atoms with Crippen LogP contribution in [0, 0.1) is 13.8 Å². The van der Waals surface area contributed by atoms with Crippen molar-refractivity contribution in [3.63, 3.8) is 0 Å². The summed E-state index contributed by atoms with van der Waals surface area (Å²) in [6.07, 6.45) is 0. The molecule has 0 aliphatic carbocycles. The molecule has 2 N–H and O–H groups in total. The van der Waals surface area contributed by atoms with Crippen LogP contribution in [-0.4, -0.2) is 54.1 Å². The second-order valence-electron chi connectivity index (χ2n) is 6.45. The van der Waals surface area contributed by atoms with Crippen molar-refractivity contribution >= 4 is 28.2 Å². The molecule has 0 spiro atoms. The molecule has 0 saturated heterocycles. The molecule has 0 fully saturated rings. The average Bonchev–Trinajstić information content (AvgIpc) is 2.51. The molecular weight excluding hydrogens is 320 g/mol. The van der Waals surface area contributed by atoms with Gasteiger partial charge in [-0.15, -0.1) is 0 Å². The number of hydrogen-bond donors (Lipinski definition) is 2. The number of benzene rings is 1. The van der Waals surface area contributed by atoms with Crippen LogP contribution in [0.25, 0.3) is 10.9 Å². The minimum Gasteiger partial charge on any atom is -0.366 e. The number of aryl methyl sites for hydroxylation is 2. The Morgan fingerprint density at radius 3 is 2.54 bits per heavy atom. The molecule has 1 heterocycles. The first-order valence-electron chi connectivity index (χ1n) is 8.06. The Balaban J connectivity index is 2.37. The van der Waals surface area contributed by atoms with E-state index in [2.05, 4.69) is 34.3 Å². The summed E-state index contributed by atoms with van der Waals surface area (Å²) in [4.78, 5) is 19.6. The van der Waals surface area contributed by atoms with Gasteiger partial charge in [0.05, 0.1) is 12.1 Å². The van der Waals surface area contributed by atoms with Gasteiger partial charge < -0.3 is 20.1 Å². The Morgan fingerprint density at radius 2 is 1.92 bits per heavy atom. The Bertz CT molecular complexity index is 797.